The predicted octanol–water partition coefficient (Wildman–Crippen LogP) is 2.16. The number of hydrogen-bond acceptors (Lipinski definition) is 4. The Hall–Kier alpha value is -2.36. The average molecular weight is 302 g/mol. The molecule has 0 aliphatic carbocycles. The summed E-state index contributed by atoms with van der Waals surface area (Å²) in [6.07, 6.45) is 0. The average Bonchev–Trinajstić information content (AvgIpc) is 2.49. The predicted molar refractivity (Wildman–Crippen MR) is 79.1 cm³/mol. The highest BCUT2D eigenvalue weighted by atomic mass is 32.2. The van der Waals surface area contributed by atoms with Crippen LogP contribution in [0.4, 0.5) is 5.69 Å². The highest BCUT2D eigenvalue weighted by Crippen LogP contribution is 2.21. The van der Waals surface area contributed by atoms with E-state index in [1.807, 2.05) is 13.0 Å². The number of benzene rings is 2. The summed E-state index contributed by atoms with van der Waals surface area (Å²) >= 11 is 0. The molecule has 0 radical (unpaired) electrons. The zero-order chi connectivity index (χ0) is 15.5. The van der Waals surface area contributed by atoms with Gasteiger partial charge in [-0.05, 0) is 37.3 Å². The summed E-state index contributed by atoms with van der Waals surface area (Å²) < 4.78 is 27.0. The zero-order valence-corrected chi connectivity index (χ0v) is 12.2. The van der Waals surface area contributed by atoms with Crippen LogP contribution in [-0.4, -0.2) is 13.5 Å². The van der Waals surface area contributed by atoms with Crippen molar-refractivity contribution in [1.29, 1.82) is 5.26 Å². The molecule has 21 heavy (non-hydrogen) atoms. The first-order chi connectivity index (χ1) is 9.96. The molecular formula is C15H14N2O3S. The molecule has 5 nitrogen and oxygen atoms in total. The van der Waals surface area contributed by atoms with Crippen LogP contribution in [0.15, 0.2) is 47.4 Å². The third kappa shape index (κ3) is 3.40. The second kappa shape index (κ2) is 5.95. The maximum Gasteiger partial charge on any atom is 0.261 e. The molecule has 0 amide bonds. The summed E-state index contributed by atoms with van der Waals surface area (Å²) in [5.41, 5.74) is 2.17. The van der Waals surface area contributed by atoms with Gasteiger partial charge in [0.05, 0.1) is 28.8 Å². The molecule has 2 aromatic carbocycles. The molecule has 108 valence electrons. The number of nitrogens with zero attached hydrogens (tertiary/aromatic N) is 1. The lowest BCUT2D eigenvalue weighted by atomic mass is 10.1. The van der Waals surface area contributed by atoms with E-state index in [0.717, 1.165) is 5.56 Å². The van der Waals surface area contributed by atoms with Gasteiger partial charge >= 0.3 is 0 Å². The standard InChI is InChI=1S/C15H14N2O3S/c1-11-2-7-15(13(8-11)10-18)17-21(19,20)14-5-3-12(9-16)4-6-14/h2-8,17-18H,10H2,1H3. The smallest absolute Gasteiger partial charge is 0.261 e. The van der Waals surface area contributed by atoms with E-state index < -0.39 is 10.0 Å². The number of nitriles is 1. The topological polar surface area (TPSA) is 90.2 Å². The van der Waals surface area contributed by atoms with E-state index in [2.05, 4.69) is 4.72 Å². The van der Waals surface area contributed by atoms with Crippen LogP contribution in [0, 0.1) is 18.3 Å². The number of nitrogens with one attached hydrogen (secondary N) is 1. The van der Waals surface area contributed by atoms with Crippen molar-refractivity contribution in [2.24, 2.45) is 0 Å². The fraction of sp³-hybridized carbons (Fsp3) is 0.133. The largest absolute Gasteiger partial charge is 0.392 e. The Morgan fingerprint density at radius 2 is 1.86 bits per heavy atom. The van der Waals surface area contributed by atoms with Gasteiger partial charge in [-0.25, -0.2) is 8.42 Å². The lowest BCUT2D eigenvalue weighted by Crippen LogP contribution is -2.14. The Morgan fingerprint density at radius 1 is 1.19 bits per heavy atom. The van der Waals surface area contributed by atoms with Gasteiger partial charge < -0.3 is 5.11 Å². The van der Waals surface area contributed by atoms with E-state index in [9.17, 15) is 13.5 Å². The minimum atomic E-state index is -3.75. The number of aliphatic hydroxyl groups excluding tert-OH is 1. The van der Waals surface area contributed by atoms with Crippen molar-refractivity contribution in [2.75, 3.05) is 4.72 Å². The van der Waals surface area contributed by atoms with Gasteiger partial charge in [0.1, 0.15) is 0 Å². The van der Waals surface area contributed by atoms with Crippen LogP contribution in [0.3, 0.4) is 0 Å². The fourth-order valence-electron chi connectivity index (χ4n) is 1.87. The number of hydrogen-bond donors (Lipinski definition) is 2. The van der Waals surface area contributed by atoms with E-state index in [1.54, 1.807) is 18.2 Å². The molecule has 0 heterocycles. The van der Waals surface area contributed by atoms with Crippen molar-refractivity contribution in [2.45, 2.75) is 18.4 Å². The molecule has 0 saturated carbocycles. The van der Waals surface area contributed by atoms with Crippen molar-refractivity contribution in [3.8, 4) is 6.07 Å². The Bertz CT molecular complexity index is 791. The zero-order valence-electron chi connectivity index (χ0n) is 11.4. The van der Waals surface area contributed by atoms with E-state index in [4.69, 9.17) is 5.26 Å². The van der Waals surface area contributed by atoms with Crippen LogP contribution in [-0.2, 0) is 16.6 Å². The quantitative estimate of drug-likeness (QED) is 0.905. The van der Waals surface area contributed by atoms with Gasteiger partial charge in [0.25, 0.3) is 10.0 Å². The first-order valence-corrected chi connectivity index (χ1v) is 7.68. The van der Waals surface area contributed by atoms with E-state index in [-0.39, 0.29) is 11.5 Å². The summed E-state index contributed by atoms with van der Waals surface area (Å²) in [5, 5.41) is 18.0. The Labute approximate surface area is 123 Å². The summed E-state index contributed by atoms with van der Waals surface area (Å²) in [4.78, 5) is 0.0611. The molecule has 2 rings (SSSR count). The summed E-state index contributed by atoms with van der Waals surface area (Å²) in [7, 11) is -3.75. The van der Waals surface area contributed by atoms with Gasteiger partial charge in [0.15, 0.2) is 0 Å². The lowest BCUT2D eigenvalue weighted by molar-refractivity contribution is 0.282. The monoisotopic (exact) mass is 302 g/mol. The van der Waals surface area contributed by atoms with Crippen molar-refractivity contribution < 1.29 is 13.5 Å². The number of rotatable bonds is 4. The first kappa shape index (κ1) is 15.0. The van der Waals surface area contributed by atoms with Crippen LogP contribution >= 0.6 is 0 Å². The fourth-order valence-corrected chi connectivity index (χ4v) is 2.97. The molecule has 0 saturated heterocycles. The third-order valence-corrected chi connectivity index (χ3v) is 4.35. The van der Waals surface area contributed by atoms with Gasteiger partial charge in [-0.3, -0.25) is 4.72 Å². The molecule has 0 bridgehead atoms. The van der Waals surface area contributed by atoms with Gasteiger partial charge in [-0.15, -0.1) is 0 Å². The minimum absolute atomic E-state index is 0.0611. The van der Waals surface area contributed by atoms with Crippen molar-refractivity contribution in [1.82, 2.24) is 0 Å². The van der Waals surface area contributed by atoms with Crippen molar-refractivity contribution in [3.05, 3.63) is 59.2 Å². The maximum atomic E-state index is 12.3. The number of aliphatic hydroxyl groups is 1. The molecule has 2 N–H and O–H groups in total. The maximum absolute atomic E-state index is 12.3. The first-order valence-electron chi connectivity index (χ1n) is 6.19. The van der Waals surface area contributed by atoms with Crippen LogP contribution in [0.1, 0.15) is 16.7 Å². The lowest BCUT2D eigenvalue weighted by Gasteiger charge is -2.12. The van der Waals surface area contributed by atoms with Crippen molar-refractivity contribution in [3.63, 3.8) is 0 Å². The number of aryl methyl sites for hydroxylation is 1. The van der Waals surface area contributed by atoms with E-state index in [1.165, 1.54) is 24.3 Å². The van der Waals surface area contributed by atoms with Gasteiger partial charge in [0, 0.05) is 5.56 Å². The SMILES string of the molecule is Cc1ccc(NS(=O)(=O)c2ccc(C#N)cc2)c(CO)c1. The normalized spacial score (nSPS) is 10.9. The summed E-state index contributed by atoms with van der Waals surface area (Å²) in [6, 6.07) is 12.6. The second-order valence-corrected chi connectivity index (χ2v) is 6.24. The van der Waals surface area contributed by atoms with Gasteiger partial charge in [-0.1, -0.05) is 17.7 Å². The third-order valence-electron chi connectivity index (χ3n) is 2.97. The summed E-state index contributed by atoms with van der Waals surface area (Å²) in [5.74, 6) is 0. The molecule has 0 fully saturated rings. The molecular weight excluding hydrogens is 288 g/mol. The molecule has 2 aromatic rings. The molecule has 6 heteroatoms. The molecule has 0 unspecified atom stereocenters. The highest BCUT2D eigenvalue weighted by molar-refractivity contribution is 7.92. The molecule has 0 atom stereocenters. The molecule has 0 aliphatic heterocycles. The molecule has 0 spiro atoms. The van der Waals surface area contributed by atoms with Crippen LogP contribution in [0.2, 0.25) is 0 Å². The van der Waals surface area contributed by atoms with E-state index >= 15 is 0 Å². The van der Waals surface area contributed by atoms with Crippen LogP contribution in [0.25, 0.3) is 0 Å². The van der Waals surface area contributed by atoms with E-state index in [0.29, 0.717) is 16.8 Å². The van der Waals surface area contributed by atoms with Crippen LogP contribution < -0.4 is 4.72 Å². The molecule has 0 aromatic heterocycles. The number of sulfonamides is 1. The Kier molecular flexibility index (Phi) is 4.26. The van der Waals surface area contributed by atoms with Gasteiger partial charge in [0.2, 0.25) is 0 Å². The van der Waals surface area contributed by atoms with Gasteiger partial charge in [-0.2, -0.15) is 5.26 Å². The summed E-state index contributed by atoms with van der Waals surface area (Å²) in [6.45, 7) is 1.60. The minimum Gasteiger partial charge on any atom is -0.392 e. The van der Waals surface area contributed by atoms with Crippen molar-refractivity contribution >= 4 is 15.7 Å². The Balaban J connectivity index is 2.35. The molecule has 0 aliphatic rings. The number of anilines is 1. The highest BCUT2D eigenvalue weighted by Gasteiger charge is 2.15. The second-order valence-electron chi connectivity index (χ2n) is 4.56. The van der Waals surface area contributed by atoms with Crippen LogP contribution in [0.5, 0.6) is 0 Å². The Morgan fingerprint density at radius 3 is 2.43 bits per heavy atom.